The van der Waals surface area contributed by atoms with Gasteiger partial charge in [0.25, 0.3) is 0 Å². The van der Waals surface area contributed by atoms with Gasteiger partial charge >= 0.3 is 0 Å². The minimum Gasteiger partial charge on any atom is -0.508 e. The highest BCUT2D eigenvalue weighted by molar-refractivity contribution is 5.97. The highest BCUT2D eigenvalue weighted by Gasteiger charge is 2.21. The molecule has 0 fully saturated rings. The molecule has 1 aromatic carbocycles. The Morgan fingerprint density at radius 2 is 1.67 bits per heavy atom. The molecule has 0 saturated heterocycles. The summed E-state index contributed by atoms with van der Waals surface area (Å²) >= 11 is 0. The fourth-order valence-corrected chi connectivity index (χ4v) is 1.46. The molecule has 82 valence electrons. The number of carbonyl (C=O) groups excluding carboxylic acids is 1. The van der Waals surface area contributed by atoms with Gasteiger partial charge in [0.15, 0.2) is 5.78 Å². The van der Waals surface area contributed by atoms with Crippen LogP contribution in [0.15, 0.2) is 12.1 Å². The largest absolute Gasteiger partial charge is 0.508 e. The van der Waals surface area contributed by atoms with Gasteiger partial charge in [-0.15, -0.1) is 0 Å². The smallest absolute Gasteiger partial charge is 0.163 e. The number of phenols is 2. The topological polar surface area (TPSA) is 57.5 Å². The average molecular weight is 208 g/mol. The molecule has 3 heteroatoms. The summed E-state index contributed by atoms with van der Waals surface area (Å²) in [6.07, 6.45) is 0. The zero-order valence-electron chi connectivity index (χ0n) is 9.46. The van der Waals surface area contributed by atoms with Gasteiger partial charge in [-0.05, 0) is 24.5 Å². The van der Waals surface area contributed by atoms with E-state index in [2.05, 4.69) is 0 Å². The zero-order valence-corrected chi connectivity index (χ0v) is 9.46. The van der Waals surface area contributed by atoms with E-state index >= 15 is 0 Å². The fourth-order valence-electron chi connectivity index (χ4n) is 1.46. The first-order valence-electron chi connectivity index (χ1n) is 4.81. The molecule has 0 atom stereocenters. The Kier molecular flexibility index (Phi) is 2.75. The molecule has 0 amide bonds. The molecule has 0 spiro atoms. The summed E-state index contributed by atoms with van der Waals surface area (Å²) in [6.45, 7) is 7.13. The maximum atomic E-state index is 11.1. The molecule has 0 radical (unpaired) electrons. The Morgan fingerprint density at radius 1 is 1.13 bits per heavy atom. The quantitative estimate of drug-likeness (QED) is 0.551. The van der Waals surface area contributed by atoms with E-state index in [1.54, 1.807) is 0 Å². The van der Waals surface area contributed by atoms with E-state index < -0.39 is 0 Å². The first kappa shape index (κ1) is 11.6. The molecule has 0 aliphatic carbocycles. The van der Waals surface area contributed by atoms with Crippen LogP contribution in [-0.4, -0.2) is 16.0 Å². The van der Waals surface area contributed by atoms with Crippen molar-refractivity contribution in [3.8, 4) is 11.5 Å². The van der Waals surface area contributed by atoms with Crippen LogP contribution in [0.3, 0.4) is 0 Å². The van der Waals surface area contributed by atoms with Gasteiger partial charge in [-0.25, -0.2) is 0 Å². The molecule has 0 bridgehead atoms. The Balaban J connectivity index is 3.39. The Labute approximate surface area is 89.4 Å². The molecule has 0 unspecified atom stereocenters. The van der Waals surface area contributed by atoms with E-state index in [-0.39, 0.29) is 28.3 Å². The van der Waals surface area contributed by atoms with Gasteiger partial charge in [-0.2, -0.15) is 0 Å². The highest BCUT2D eigenvalue weighted by atomic mass is 16.3. The van der Waals surface area contributed by atoms with Crippen LogP contribution in [0.1, 0.15) is 43.6 Å². The summed E-state index contributed by atoms with van der Waals surface area (Å²) in [5, 5.41) is 19.4. The predicted molar refractivity (Wildman–Crippen MR) is 58.5 cm³/mol. The van der Waals surface area contributed by atoms with Gasteiger partial charge in [0, 0.05) is 5.56 Å². The average Bonchev–Trinajstić information content (AvgIpc) is 2.06. The van der Waals surface area contributed by atoms with Gasteiger partial charge in [-0.1, -0.05) is 20.8 Å². The van der Waals surface area contributed by atoms with E-state index in [1.807, 2.05) is 20.8 Å². The minimum absolute atomic E-state index is 0.0468. The van der Waals surface area contributed by atoms with Crippen LogP contribution < -0.4 is 0 Å². The van der Waals surface area contributed by atoms with Crippen molar-refractivity contribution in [3.63, 3.8) is 0 Å². The van der Waals surface area contributed by atoms with E-state index in [0.717, 1.165) is 0 Å². The SMILES string of the molecule is CC(=O)c1cc(O)c(C(C)(C)C)cc1O. The first-order valence-corrected chi connectivity index (χ1v) is 4.81. The number of Topliss-reactive ketones (excluding diaryl/α,β-unsaturated/α-hetero) is 1. The lowest BCUT2D eigenvalue weighted by atomic mass is 9.85. The number of benzene rings is 1. The molecule has 0 aromatic heterocycles. The van der Waals surface area contributed by atoms with Crippen molar-refractivity contribution in [1.29, 1.82) is 0 Å². The lowest BCUT2D eigenvalue weighted by molar-refractivity contribution is 0.101. The normalized spacial score (nSPS) is 11.5. The number of ketones is 1. The van der Waals surface area contributed by atoms with Crippen molar-refractivity contribution in [2.24, 2.45) is 0 Å². The third kappa shape index (κ3) is 2.29. The minimum atomic E-state index is -0.267. The van der Waals surface area contributed by atoms with Crippen LogP contribution in [0.4, 0.5) is 0 Å². The second-order valence-corrected chi connectivity index (χ2v) is 4.69. The monoisotopic (exact) mass is 208 g/mol. The molecular weight excluding hydrogens is 192 g/mol. The lowest BCUT2D eigenvalue weighted by Gasteiger charge is -2.21. The molecular formula is C12H16O3. The van der Waals surface area contributed by atoms with Crippen LogP contribution in [0.25, 0.3) is 0 Å². The van der Waals surface area contributed by atoms with E-state index in [0.29, 0.717) is 5.56 Å². The van der Waals surface area contributed by atoms with E-state index in [9.17, 15) is 15.0 Å². The maximum Gasteiger partial charge on any atom is 0.163 e. The zero-order chi connectivity index (χ0) is 11.8. The van der Waals surface area contributed by atoms with Crippen molar-refractivity contribution in [3.05, 3.63) is 23.3 Å². The van der Waals surface area contributed by atoms with Crippen LogP contribution in [0.5, 0.6) is 11.5 Å². The molecule has 1 rings (SSSR count). The third-order valence-corrected chi connectivity index (χ3v) is 2.30. The molecule has 3 nitrogen and oxygen atoms in total. The first-order chi connectivity index (χ1) is 6.73. The molecule has 0 aliphatic rings. The van der Waals surface area contributed by atoms with Crippen LogP contribution in [0.2, 0.25) is 0 Å². The summed E-state index contributed by atoms with van der Waals surface area (Å²) in [4.78, 5) is 11.1. The molecule has 2 N–H and O–H groups in total. The second kappa shape index (κ2) is 3.57. The Hall–Kier alpha value is -1.51. The highest BCUT2D eigenvalue weighted by Crippen LogP contribution is 2.35. The summed E-state index contributed by atoms with van der Waals surface area (Å²) < 4.78 is 0. The van der Waals surface area contributed by atoms with Crippen molar-refractivity contribution in [2.45, 2.75) is 33.1 Å². The van der Waals surface area contributed by atoms with E-state index in [4.69, 9.17) is 0 Å². The lowest BCUT2D eigenvalue weighted by Crippen LogP contribution is -2.11. The second-order valence-electron chi connectivity index (χ2n) is 4.69. The summed E-state index contributed by atoms with van der Waals surface area (Å²) in [5.41, 5.74) is 0.516. The third-order valence-electron chi connectivity index (χ3n) is 2.30. The summed E-state index contributed by atoms with van der Waals surface area (Å²) in [5.74, 6) is -0.293. The number of hydrogen-bond acceptors (Lipinski definition) is 3. The van der Waals surface area contributed by atoms with Crippen LogP contribution >= 0.6 is 0 Å². The number of phenolic OH excluding ortho intramolecular Hbond substituents is 2. The molecule has 1 aromatic rings. The van der Waals surface area contributed by atoms with Gasteiger partial charge in [0.1, 0.15) is 11.5 Å². The van der Waals surface area contributed by atoms with Crippen molar-refractivity contribution < 1.29 is 15.0 Å². The maximum absolute atomic E-state index is 11.1. The van der Waals surface area contributed by atoms with Gasteiger partial charge in [-0.3, -0.25) is 4.79 Å². The van der Waals surface area contributed by atoms with Gasteiger partial charge in [0.05, 0.1) is 5.56 Å². The van der Waals surface area contributed by atoms with Crippen molar-refractivity contribution in [2.75, 3.05) is 0 Å². The molecule has 0 heterocycles. The standard InChI is InChI=1S/C12H16O3/c1-7(13)8-5-11(15)9(6-10(8)14)12(2,3)4/h5-6,14-15H,1-4H3. The summed E-state index contributed by atoms with van der Waals surface area (Å²) in [7, 11) is 0. The van der Waals surface area contributed by atoms with Crippen molar-refractivity contribution in [1.82, 2.24) is 0 Å². The van der Waals surface area contributed by atoms with E-state index in [1.165, 1.54) is 19.1 Å². The van der Waals surface area contributed by atoms with Crippen molar-refractivity contribution >= 4 is 5.78 Å². The number of hydrogen-bond donors (Lipinski definition) is 2. The number of aromatic hydroxyl groups is 2. The van der Waals surface area contributed by atoms with Gasteiger partial charge < -0.3 is 10.2 Å². The van der Waals surface area contributed by atoms with Crippen LogP contribution in [0, 0.1) is 0 Å². The Bertz CT molecular complexity index is 400. The Morgan fingerprint density at radius 3 is 2.07 bits per heavy atom. The molecule has 0 saturated carbocycles. The van der Waals surface area contributed by atoms with Crippen LogP contribution in [-0.2, 0) is 5.41 Å². The summed E-state index contributed by atoms with van der Waals surface area (Å²) in [6, 6.07) is 2.77. The number of carbonyl (C=O) groups is 1. The predicted octanol–water partition coefficient (Wildman–Crippen LogP) is 2.60. The number of rotatable bonds is 1. The fraction of sp³-hybridized carbons (Fsp3) is 0.417. The molecule has 0 aliphatic heterocycles. The molecule has 15 heavy (non-hydrogen) atoms. The van der Waals surface area contributed by atoms with Gasteiger partial charge in [0.2, 0.25) is 0 Å².